The smallest absolute Gasteiger partial charge is 0.222 e. The molecule has 0 bridgehead atoms. The second-order valence-electron chi connectivity index (χ2n) is 4.58. The van der Waals surface area contributed by atoms with Crippen LogP contribution >= 0.6 is 24.0 Å². The first-order valence-electron chi connectivity index (χ1n) is 6.24. The fraction of sp³-hybridized carbons (Fsp3) is 0.500. The van der Waals surface area contributed by atoms with E-state index in [9.17, 15) is 4.79 Å². The van der Waals surface area contributed by atoms with Crippen molar-refractivity contribution in [1.29, 1.82) is 0 Å². The van der Waals surface area contributed by atoms with E-state index < -0.39 is 0 Å². The monoisotopic (exact) mass is 304 g/mol. The molecule has 0 heterocycles. The van der Waals surface area contributed by atoms with Crippen molar-refractivity contribution >= 4 is 29.9 Å². The number of nitrogens with zero attached hydrogens (tertiary/aromatic N) is 1. The summed E-state index contributed by atoms with van der Waals surface area (Å²) in [5, 5.41) is 0.735. The van der Waals surface area contributed by atoms with Gasteiger partial charge in [-0.15, -0.1) is 12.4 Å². The second-order valence-corrected chi connectivity index (χ2v) is 5.01. The van der Waals surface area contributed by atoms with Crippen LogP contribution in [0.25, 0.3) is 0 Å². The molecule has 1 rings (SSSR count). The summed E-state index contributed by atoms with van der Waals surface area (Å²) in [5.41, 5.74) is 6.59. The zero-order chi connectivity index (χ0) is 13.5. The maximum atomic E-state index is 11.8. The Bertz CT molecular complexity index is 382. The van der Waals surface area contributed by atoms with Crippen LogP contribution in [0.5, 0.6) is 0 Å². The third-order valence-electron chi connectivity index (χ3n) is 3.09. The zero-order valence-corrected chi connectivity index (χ0v) is 13.0. The summed E-state index contributed by atoms with van der Waals surface area (Å²) >= 11 is 5.84. The number of halogens is 2. The number of nitrogens with two attached hydrogens (primary N) is 1. The molecule has 2 N–H and O–H groups in total. The molecule has 0 aromatic heterocycles. The highest BCUT2D eigenvalue weighted by molar-refractivity contribution is 6.30. The molecule has 0 saturated heterocycles. The Balaban J connectivity index is 0.00000324. The molecule has 0 spiro atoms. The van der Waals surface area contributed by atoms with Gasteiger partial charge in [-0.05, 0) is 44.0 Å². The Morgan fingerprint density at radius 3 is 2.47 bits per heavy atom. The number of likely N-dealkylation sites (N-methyl/N-ethyl adjacent to an activating group) is 1. The first kappa shape index (κ1) is 18.2. The summed E-state index contributed by atoms with van der Waals surface area (Å²) in [5.74, 6) is 0.155. The molecule has 1 aromatic rings. The summed E-state index contributed by atoms with van der Waals surface area (Å²) in [6.07, 6.45) is 2.11. The molecule has 3 nitrogen and oxygen atoms in total. The number of benzene rings is 1. The van der Waals surface area contributed by atoms with Crippen LogP contribution in [0.2, 0.25) is 5.02 Å². The number of rotatable bonds is 6. The van der Waals surface area contributed by atoms with Gasteiger partial charge in [0.05, 0.1) is 0 Å². The zero-order valence-electron chi connectivity index (χ0n) is 11.4. The van der Waals surface area contributed by atoms with Crippen molar-refractivity contribution in [3.8, 4) is 0 Å². The fourth-order valence-electron chi connectivity index (χ4n) is 1.77. The van der Waals surface area contributed by atoms with Crippen LogP contribution in [0.1, 0.15) is 25.3 Å². The van der Waals surface area contributed by atoms with E-state index in [1.807, 2.05) is 31.3 Å². The first-order chi connectivity index (χ1) is 8.54. The minimum absolute atomic E-state index is 0. The van der Waals surface area contributed by atoms with Crippen molar-refractivity contribution in [2.24, 2.45) is 5.73 Å². The van der Waals surface area contributed by atoms with E-state index in [4.69, 9.17) is 17.3 Å². The maximum absolute atomic E-state index is 11.8. The second kappa shape index (κ2) is 9.18. The van der Waals surface area contributed by atoms with E-state index in [-0.39, 0.29) is 24.4 Å². The molecule has 108 valence electrons. The molecule has 0 aliphatic carbocycles. The number of carbonyl (C=O) groups is 1. The van der Waals surface area contributed by atoms with Gasteiger partial charge in [-0.2, -0.15) is 0 Å². The average Bonchev–Trinajstić information content (AvgIpc) is 2.37. The SMILES string of the molecule is CC(Cc1ccc(Cl)cc1)N(C)C(=O)CCCN.Cl. The van der Waals surface area contributed by atoms with Gasteiger partial charge in [-0.3, -0.25) is 4.79 Å². The Hall–Kier alpha value is -0.770. The van der Waals surface area contributed by atoms with E-state index in [0.29, 0.717) is 13.0 Å². The summed E-state index contributed by atoms with van der Waals surface area (Å²) in [4.78, 5) is 13.6. The van der Waals surface area contributed by atoms with Crippen molar-refractivity contribution in [1.82, 2.24) is 4.90 Å². The van der Waals surface area contributed by atoms with E-state index in [0.717, 1.165) is 17.9 Å². The topological polar surface area (TPSA) is 46.3 Å². The number of amides is 1. The minimum atomic E-state index is 0. The molecular weight excluding hydrogens is 283 g/mol. The number of hydrogen-bond acceptors (Lipinski definition) is 2. The van der Waals surface area contributed by atoms with Crippen LogP contribution in [-0.2, 0) is 11.2 Å². The van der Waals surface area contributed by atoms with E-state index >= 15 is 0 Å². The lowest BCUT2D eigenvalue weighted by Crippen LogP contribution is -2.36. The van der Waals surface area contributed by atoms with Crippen LogP contribution in [0, 0.1) is 0 Å². The summed E-state index contributed by atoms with van der Waals surface area (Å²) < 4.78 is 0. The van der Waals surface area contributed by atoms with E-state index in [1.165, 1.54) is 5.56 Å². The normalized spacial score (nSPS) is 11.6. The Morgan fingerprint density at radius 1 is 1.37 bits per heavy atom. The van der Waals surface area contributed by atoms with Crippen LogP contribution in [-0.4, -0.2) is 30.4 Å². The van der Waals surface area contributed by atoms with Crippen molar-refractivity contribution in [3.63, 3.8) is 0 Å². The minimum Gasteiger partial charge on any atom is -0.343 e. The largest absolute Gasteiger partial charge is 0.343 e. The molecule has 0 saturated carbocycles. The highest BCUT2D eigenvalue weighted by atomic mass is 35.5. The molecule has 1 unspecified atom stereocenters. The first-order valence-corrected chi connectivity index (χ1v) is 6.62. The van der Waals surface area contributed by atoms with Gasteiger partial charge in [0.1, 0.15) is 0 Å². The van der Waals surface area contributed by atoms with Crippen LogP contribution in [0.15, 0.2) is 24.3 Å². The quantitative estimate of drug-likeness (QED) is 0.878. The predicted molar refractivity (Wildman–Crippen MR) is 82.9 cm³/mol. The van der Waals surface area contributed by atoms with Gasteiger partial charge in [0.2, 0.25) is 5.91 Å². The van der Waals surface area contributed by atoms with Gasteiger partial charge in [-0.25, -0.2) is 0 Å². The summed E-state index contributed by atoms with van der Waals surface area (Å²) in [6.45, 7) is 2.61. The van der Waals surface area contributed by atoms with Crippen LogP contribution in [0.3, 0.4) is 0 Å². The highest BCUT2D eigenvalue weighted by Crippen LogP contribution is 2.13. The Kier molecular flexibility index (Phi) is 8.81. The van der Waals surface area contributed by atoms with Gasteiger partial charge in [0.15, 0.2) is 0 Å². The van der Waals surface area contributed by atoms with Gasteiger partial charge in [0.25, 0.3) is 0 Å². The predicted octanol–water partition coefficient (Wildman–Crippen LogP) is 2.89. The molecule has 19 heavy (non-hydrogen) atoms. The number of carbonyl (C=O) groups excluding carboxylic acids is 1. The molecule has 5 heteroatoms. The highest BCUT2D eigenvalue weighted by Gasteiger charge is 2.15. The molecule has 0 radical (unpaired) electrons. The van der Waals surface area contributed by atoms with Gasteiger partial charge >= 0.3 is 0 Å². The lowest BCUT2D eigenvalue weighted by molar-refractivity contribution is -0.131. The molecule has 1 amide bonds. The lowest BCUT2D eigenvalue weighted by Gasteiger charge is -2.25. The Morgan fingerprint density at radius 2 is 1.95 bits per heavy atom. The third-order valence-corrected chi connectivity index (χ3v) is 3.35. The Labute approximate surface area is 126 Å². The molecule has 0 fully saturated rings. The van der Waals surface area contributed by atoms with Gasteiger partial charge in [-0.1, -0.05) is 23.7 Å². The van der Waals surface area contributed by atoms with Gasteiger partial charge < -0.3 is 10.6 Å². The number of hydrogen-bond donors (Lipinski definition) is 1. The molecule has 0 aliphatic rings. The van der Waals surface area contributed by atoms with Crippen molar-refractivity contribution < 1.29 is 4.79 Å². The standard InChI is InChI=1S/C14H21ClN2O.ClH/c1-11(17(2)14(18)4-3-9-16)10-12-5-7-13(15)8-6-12;/h5-8,11H,3-4,9-10,16H2,1-2H3;1H. The summed E-state index contributed by atoms with van der Waals surface area (Å²) in [7, 11) is 1.85. The van der Waals surface area contributed by atoms with Crippen molar-refractivity contribution in [2.45, 2.75) is 32.2 Å². The molecular formula is C14H22Cl2N2O. The fourth-order valence-corrected chi connectivity index (χ4v) is 1.90. The van der Waals surface area contributed by atoms with E-state index in [1.54, 1.807) is 4.90 Å². The van der Waals surface area contributed by atoms with Crippen LogP contribution in [0.4, 0.5) is 0 Å². The maximum Gasteiger partial charge on any atom is 0.222 e. The molecule has 1 atom stereocenters. The molecule has 0 aliphatic heterocycles. The van der Waals surface area contributed by atoms with Crippen molar-refractivity contribution in [2.75, 3.05) is 13.6 Å². The third kappa shape index (κ3) is 6.28. The van der Waals surface area contributed by atoms with E-state index in [2.05, 4.69) is 6.92 Å². The lowest BCUT2D eigenvalue weighted by atomic mass is 10.1. The van der Waals surface area contributed by atoms with Crippen molar-refractivity contribution in [3.05, 3.63) is 34.9 Å². The van der Waals surface area contributed by atoms with Crippen LogP contribution < -0.4 is 5.73 Å². The molecule has 1 aromatic carbocycles. The van der Waals surface area contributed by atoms with Gasteiger partial charge in [0, 0.05) is 24.5 Å². The summed E-state index contributed by atoms with van der Waals surface area (Å²) in [6, 6.07) is 7.92. The average molecular weight is 305 g/mol.